The molecule has 20 heavy (non-hydrogen) atoms. The number of likely N-dealkylation sites (tertiary alicyclic amines) is 1. The van der Waals surface area contributed by atoms with E-state index >= 15 is 0 Å². The highest BCUT2D eigenvalue weighted by Crippen LogP contribution is 2.26. The molecule has 0 spiro atoms. The lowest BCUT2D eigenvalue weighted by atomic mass is 9.96. The number of amides is 1. The highest BCUT2D eigenvalue weighted by Gasteiger charge is 2.33. The lowest BCUT2D eigenvalue weighted by Crippen LogP contribution is -2.49. The highest BCUT2D eigenvalue weighted by atomic mass is 16.6. The zero-order chi connectivity index (χ0) is 15.3. The molecule has 1 rings (SSSR count). The number of carbonyl (C=O) groups excluding carboxylic acids is 1. The van der Waals surface area contributed by atoms with Crippen molar-refractivity contribution in [1.82, 2.24) is 4.90 Å². The van der Waals surface area contributed by atoms with Gasteiger partial charge in [-0.25, -0.2) is 4.79 Å². The Balaban J connectivity index is 2.74. The number of rotatable bonds is 3. The van der Waals surface area contributed by atoms with E-state index in [1.807, 2.05) is 25.7 Å². The lowest BCUT2D eigenvalue weighted by Gasteiger charge is -2.40. The largest absolute Gasteiger partial charge is 0.444 e. The van der Waals surface area contributed by atoms with Gasteiger partial charge in [-0.2, -0.15) is 0 Å². The van der Waals surface area contributed by atoms with Crippen LogP contribution in [0.1, 0.15) is 67.2 Å². The van der Waals surface area contributed by atoms with Gasteiger partial charge in [0.05, 0.1) is 6.04 Å². The number of nitrogens with zero attached hydrogens (tertiary/aromatic N) is 1. The van der Waals surface area contributed by atoms with Crippen molar-refractivity contribution in [2.45, 2.75) is 84.9 Å². The highest BCUT2D eigenvalue weighted by molar-refractivity contribution is 5.69. The van der Waals surface area contributed by atoms with Crippen LogP contribution in [0.4, 0.5) is 4.79 Å². The molecule has 0 radical (unpaired) electrons. The molecule has 0 aliphatic carbocycles. The predicted molar refractivity (Wildman–Crippen MR) is 83.8 cm³/mol. The number of piperidine rings is 1. The average molecular weight is 281 g/mol. The summed E-state index contributed by atoms with van der Waals surface area (Å²) < 4.78 is 5.56. The Morgan fingerprint density at radius 1 is 1.35 bits per heavy atom. The maximum atomic E-state index is 12.4. The number of allylic oxidation sites excluding steroid dienone is 1. The van der Waals surface area contributed by atoms with E-state index in [4.69, 9.17) is 4.74 Å². The number of hydrogen-bond acceptors (Lipinski definition) is 2. The molecule has 0 aromatic rings. The zero-order valence-corrected chi connectivity index (χ0v) is 14.0. The number of carbonyl (C=O) groups is 1. The summed E-state index contributed by atoms with van der Waals surface area (Å²) in [7, 11) is 0. The standard InChI is InChI=1S/C17H31NO2/c1-13(2)9-7-11-15-12-8-10-14(3)18(15)16(19)20-17(4,5)6/h7,11,13-15H,8-10,12H2,1-6H3/t14-,15-/m1/s1. The van der Waals surface area contributed by atoms with Crippen LogP contribution in [0.5, 0.6) is 0 Å². The van der Waals surface area contributed by atoms with Gasteiger partial charge in [0.1, 0.15) is 5.60 Å². The third kappa shape index (κ3) is 5.56. The third-order valence-electron chi connectivity index (χ3n) is 3.52. The molecule has 3 nitrogen and oxygen atoms in total. The van der Waals surface area contributed by atoms with E-state index < -0.39 is 5.60 Å². The lowest BCUT2D eigenvalue weighted by molar-refractivity contribution is 0.00358. The van der Waals surface area contributed by atoms with Crippen molar-refractivity contribution in [1.29, 1.82) is 0 Å². The van der Waals surface area contributed by atoms with Gasteiger partial charge in [-0.3, -0.25) is 4.90 Å². The van der Waals surface area contributed by atoms with Crippen LogP contribution in [0.3, 0.4) is 0 Å². The summed E-state index contributed by atoms with van der Waals surface area (Å²) in [4.78, 5) is 14.3. The summed E-state index contributed by atoms with van der Waals surface area (Å²) in [5.74, 6) is 0.655. The van der Waals surface area contributed by atoms with Crippen LogP contribution < -0.4 is 0 Å². The van der Waals surface area contributed by atoms with Crippen LogP contribution >= 0.6 is 0 Å². The monoisotopic (exact) mass is 281 g/mol. The summed E-state index contributed by atoms with van der Waals surface area (Å²) in [6.07, 6.45) is 8.57. The summed E-state index contributed by atoms with van der Waals surface area (Å²) in [5, 5.41) is 0. The maximum Gasteiger partial charge on any atom is 0.411 e. The first-order valence-corrected chi connectivity index (χ1v) is 7.88. The number of ether oxygens (including phenoxy) is 1. The fourth-order valence-electron chi connectivity index (χ4n) is 2.55. The SMILES string of the molecule is CC(C)CC=C[C@@H]1CCC[C@@H](C)N1C(=O)OC(C)(C)C. The van der Waals surface area contributed by atoms with Crippen molar-refractivity contribution >= 4 is 6.09 Å². The second-order valence-electron chi connectivity index (χ2n) is 7.29. The normalized spacial score (nSPS) is 24.4. The topological polar surface area (TPSA) is 29.5 Å². The Kier molecular flexibility index (Phi) is 6.09. The summed E-state index contributed by atoms with van der Waals surface area (Å²) in [5.41, 5.74) is -0.430. The smallest absolute Gasteiger partial charge is 0.411 e. The minimum atomic E-state index is -0.430. The number of hydrogen-bond donors (Lipinski definition) is 0. The van der Waals surface area contributed by atoms with E-state index in [9.17, 15) is 4.79 Å². The summed E-state index contributed by atoms with van der Waals surface area (Å²) in [6.45, 7) is 12.3. The Hall–Kier alpha value is -0.990. The Labute approximate surface area is 124 Å². The van der Waals surface area contributed by atoms with Gasteiger partial charge in [0.2, 0.25) is 0 Å². The molecule has 0 bridgehead atoms. The van der Waals surface area contributed by atoms with Gasteiger partial charge >= 0.3 is 6.09 Å². The van der Waals surface area contributed by atoms with Crippen LogP contribution in [-0.4, -0.2) is 28.7 Å². The first-order chi connectivity index (χ1) is 9.20. The van der Waals surface area contributed by atoms with Crippen LogP contribution in [0, 0.1) is 5.92 Å². The van der Waals surface area contributed by atoms with Crippen LogP contribution in [-0.2, 0) is 4.74 Å². The van der Waals surface area contributed by atoms with Gasteiger partial charge in [-0.15, -0.1) is 0 Å². The molecule has 0 N–H and O–H groups in total. The Bertz CT molecular complexity index is 341. The van der Waals surface area contributed by atoms with Crippen molar-refractivity contribution in [3.8, 4) is 0 Å². The van der Waals surface area contributed by atoms with Crippen molar-refractivity contribution in [3.63, 3.8) is 0 Å². The third-order valence-corrected chi connectivity index (χ3v) is 3.52. The van der Waals surface area contributed by atoms with E-state index in [-0.39, 0.29) is 18.2 Å². The summed E-state index contributed by atoms with van der Waals surface area (Å²) in [6, 6.07) is 0.444. The molecule has 1 heterocycles. The van der Waals surface area contributed by atoms with E-state index in [1.165, 1.54) is 6.42 Å². The first-order valence-electron chi connectivity index (χ1n) is 7.88. The second kappa shape index (κ2) is 7.14. The molecule has 0 unspecified atom stereocenters. The van der Waals surface area contributed by atoms with Crippen molar-refractivity contribution in [2.75, 3.05) is 0 Å². The fourth-order valence-corrected chi connectivity index (χ4v) is 2.55. The van der Waals surface area contributed by atoms with Crippen LogP contribution in [0.25, 0.3) is 0 Å². The molecule has 1 fully saturated rings. The van der Waals surface area contributed by atoms with Gasteiger partial charge in [0, 0.05) is 6.04 Å². The van der Waals surface area contributed by atoms with Gasteiger partial charge in [-0.05, 0) is 59.3 Å². The minimum Gasteiger partial charge on any atom is -0.444 e. The molecule has 0 saturated carbocycles. The molecule has 0 aromatic carbocycles. The molecular weight excluding hydrogens is 250 g/mol. The molecule has 3 heteroatoms. The summed E-state index contributed by atoms with van der Waals surface area (Å²) >= 11 is 0. The fraction of sp³-hybridized carbons (Fsp3) is 0.824. The van der Waals surface area contributed by atoms with E-state index in [0.717, 1.165) is 19.3 Å². The molecule has 1 aliphatic rings. The quantitative estimate of drug-likeness (QED) is 0.698. The van der Waals surface area contributed by atoms with Gasteiger partial charge in [0.25, 0.3) is 0 Å². The van der Waals surface area contributed by atoms with E-state index in [0.29, 0.717) is 5.92 Å². The van der Waals surface area contributed by atoms with Gasteiger partial charge in [-0.1, -0.05) is 26.0 Å². The molecule has 0 aromatic heterocycles. The molecular formula is C17H31NO2. The van der Waals surface area contributed by atoms with Crippen molar-refractivity contribution in [2.24, 2.45) is 5.92 Å². The van der Waals surface area contributed by atoms with Gasteiger partial charge < -0.3 is 4.74 Å². The molecule has 1 amide bonds. The van der Waals surface area contributed by atoms with Crippen molar-refractivity contribution < 1.29 is 9.53 Å². The maximum absolute atomic E-state index is 12.4. The minimum absolute atomic E-state index is 0.177. The van der Waals surface area contributed by atoms with Crippen molar-refractivity contribution in [3.05, 3.63) is 12.2 Å². The molecule has 116 valence electrons. The van der Waals surface area contributed by atoms with E-state index in [1.54, 1.807) is 0 Å². The predicted octanol–water partition coefficient (Wildman–Crippen LogP) is 4.77. The van der Waals surface area contributed by atoms with E-state index in [2.05, 4.69) is 32.9 Å². The zero-order valence-electron chi connectivity index (χ0n) is 14.0. The molecule has 1 aliphatic heterocycles. The van der Waals surface area contributed by atoms with Crippen LogP contribution in [0.15, 0.2) is 12.2 Å². The Morgan fingerprint density at radius 2 is 2.00 bits per heavy atom. The average Bonchev–Trinajstić information content (AvgIpc) is 2.25. The molecule has 1 saturated heterocycles. The van der Waals surface area contributed by atoms with Crippen LogP contribution in [0.2, 0.25) is 0 Å². The first kappa shape index (κ1) is 17.1. The Morgan fingerprint density at radius 3 is 2.55 bits per heavy atom. The molecule has 2 atom stereocenters. The van der Waals surface area contributed by atoms with Gasteiger partial charge in [0.15, 0.2) is 0 Å². The second-order valence-corrected chi connectivity index (χ2v) is 7.29.